The van der Waals surface area contributed by atoms with Crippen LogP contribution >= 0.6 is 7.82 Å². The van der Waals surface area contributed by atoms with E-state index in [1.54, 1.807) is 0 Å². The van der Waals surface area contributed by atoms with Gasteiger partial charge in [-0.15, -0.1) is 0 Å². The van der Waals surface area contributed by atoms with Crippen molar-refractivity contribution in [3.8, 4) is 0 Å². The number of rotatable bonds is 40. The lowest BCUT2D eigenvalue weighted by Crippen LogP contribution is -2.37. The number of esters is 2. The highest BCUT2D eigenvalue weighted by Gasteiger charge is 2.27. The van der Waals surface area contributed by atoms with Crippen molar-refractivity contribution in [2.45, 2.75) is 206 Å². The summed E-state index contributed by atoms with van der Waals surface area (Å²) >= 11 is 0. The molecule has 0 aromatic carbocycles. The van der Waals surface area contributed by atoms with Crippen LogP contribution in [0.3, 0.4) is 0 Å². The van der Waals surface area contributed by atoms with Gasteiger partial charge in [-0.3, -0.25) is 18.6 Å². The Kier molecular flexibility index (Phi) is 35.5. The molecular formula is C43H85NO8P+. The van der Waals surface area contributed by atoms with E-state index in [1.165, 1.54) is 116 Å². The minimum Gasteiger partial charge on any atom is -0.462 e. The lowest BCUT2D eigenvalue weighted by molar-refractivity contribution is -0.870. The number of allylic oxidation sites excluding steroid dienone is 2. The van der Waals surface area contributed by atoms with Gasteiger partial charge < -0.3 is 18.9 Å². The van der Waals surface area contributed by atoms with E-state index in [0.29, 0.717) is 23.9 Å². The molecule has 0 amide bonds. The van der Waals surface area contributed by atoms with Crippen LogP contribution in [0.5, 0.6) is 0 Å². The van der Waals surface area contributed by atoms with E-state index in [4.69, 9.17) is 18.5 Å². The Morgan fingerprint density at radius 3 is 1.40 bits per heavy atom. The maximum absolute atomic E-state index is 12.7. The Labute approximate surface area is 326 Å². The zero-order chi connectivity index (χ0) is 39.3. The van der Waals surface area contributed by atoms with E-state index < -0.39 is 26.5 Å². The summed E-state index contributed by atoms with van der Waals surface area (Å²) in [6.45, 7) is 4.42. The molecular weight excluding hydrogens is 689 g/mol. The third-order valence-electron chi connectivity index (χ3n) is 9.55. The molecule has 0 saturated carbocycles. The second kappa shape index (κ2) is 36.4. The molecule has 0 aliphatic carbocycles. The van der Waals surface area contributed by atoms with Crippen LogP contribution < -0.4 is 0 Å². The monoisotopic (exact) mass is 775 g/mol. The molecule has 10 heteroatoms. The number of unbranched alkanes of at least 4 members (excludes halogenated alkanes) is 24. The fraction of sp³-hybridized carbons (Fsp3) is 0.907. The highest BCUT2D eigenvalue weighted by Crippen LogP contribution is 2.43. The first-order valence-electron chi connectivity index (χ1n) is 21.9. The Morgan fingerprint density at radius 2 is 0.962 bits per heavy atom. The first kappa shape index (κ1) is 51.8. The largest absolute Gasteiger partial charge is 0.472 e. The van der Waals surface area contributed by atoms with E-state index in [9.17, 15) is 19.0 Å². The lowest BCUT2D eigenvalue weighted by atomic mass is 10.0. The number of phosphoric ester groups is 1. The van der Waals surface area contributed by atoms with Crippen molar-refractivity contribution < 1.29 is 42.1 Å². The van der Waals surface area contributed by atoms with Crippen molar-refractivity contribution in [1.82, 2.24) is 0 Å². The summed E-state index contributed by atoms with van der Waals surface area (Å²) in [4.78, 5) is 35.3. The highest BCUT2D eigenvalue weighted by atomic mass is 31.2. The van der Waals surface area contributed by atoms with Gasteiger partial charge in [0.05, 0.1) is 27.7 Å². The van der Waals surface area contributed by atoms with Crippen LogP contribution in [0.1, 0.15) is 200 Å². The molecule has 0 fully saturated rings. The molecule has 2 atom stereocenters. The van der Waals surface area contributed by atoms with E-state index in [2.05, 4.69) is 26.0 Å². The Bertz CT molecular complexity index is 922. The van der Waals surface area contributed by atoms with E-state index in [-0.39, 0.29) is 25.6 Å². The van der Waals surface area contributed by atoms with Gasteiger partial charge in [0.1, 0.15) is 19.8 Å². The van der Waals surface area contributed by atoms with Gasteiger partial charge in [-0.05, 0) is 38.5 Å². The number of phosphoric acid groups is 1. The fourth-order valence-corrected chi connectivity index (χ4v) is 6.81. The highest BCUT2D eigenvalue weighted by molar-refractivity contribution is 7.47. The zero-order valence-electron chi connectivity index (χ0n) is 35.3. The topological polar surface area (TPSA) is 108 Å². The second-order valence-electron chi connectivity index (χ2n) is 16.1. The predicted octanol–water partition coefficient (Wildman–Crippen LogP) is 12.2. The van der Waals surface area contributed by atoms with Gasteiger partial charge in [0.15, 0.2) is 6.10 Å². The van der Waals surface area contributed by atoms with Crippen LogP contribution in [0.25, 0.3) is 0 Å². The van der Waals surface area contributed by atoms with Gasteiger partial charge in [-0.1, -0.05) is 161 Å². The van der Waals surface area contributed by atoms with E-state index >= 15 is 0 Å². The first-order chi connectivity index (χ1) is 25.5. The van der Waals surface area contributed by atoms with Crippen LogP contribution in [0.2, 0.25) is 0 Å². The van der Waals surface area contributed by atoms with Crippen molar-refractivity contribution in [2.24, 2.45) is 0 Å². The maximum Gasteiger partial charge on any atom is 0.472 e. The molecule has 0 saturated heterocycles. The molecule has 0 aliphatic rings. The lowest BCUT2D eigenvalue weighted by Gasteiger charge is -2.24. The average molecular weight is 775 g/mol. The van der Waals surface area contributed by atoms with Crippen molar-refractivity contribution in [3.63, 3.8) is 0 Å². The Hall–Kier alpha value is -1.25. The molecule has 0 rings (SSSR count). The Morgan fingerprint density at radius 1 is 0.566 bits per heavy atom. The summed E-state index contributed by atoms with van der Waals surface area (Å²) in [6, 6.07) is 0. The minimum absolute atomic E-state index is 0.0331. The van der Waals surface area contributed by atoms with Gasteiger partial charge in [0.25, 0.3) is 0 Å². The van der Waals surface area contributed by atoms with Crippen LogP contribution in [0.4, 0.5) is 0 Å². The molecule has 1 unspecified atom stereocenters. The van der Waals surface area contributed by atoms with Crippen LogP contribution in [-0.4, -0.2) is 74.9 Å². The number of nitrogens with zero attached hydrogens (tertiary/aromatic N) is 1. The van der Waals surface area contributed by atoms with E-state index in [0.717, 1.165) is 51.4 Å². The maximum atomic E-state index is 12.7. The van der Waals surface area contributed by atoms with Gasteiger partial charge in [0.2, 0.25) is 0 Å². The zero-order valence-corrected chi connectivity index (χ0v) is 36.2. The number of carbonyl (C=O) groups excluding carboxylic acids is 2. The van der Waals surface area contributed by atoms with Gasteiger partial charge in [0, 0.05) is 12.8 Å². The summed E-state index contributed by atoms with van der Waals surface area (Å²) < 4.78 is 34.3. The van der Waals surface area contributed by atoms with E-state index in [1.807, 2.05) is 21.1 Å². The predicted molar refractivity (Wildman–Crippen MR) is 220 cm³/mol. The third-order valence-corrected chi connectivity index (χ3v) is 10.5. The quantitative estimate of drug-likeness (QED) is 0.0215. The molecule has 0 bridgehead atoms. The second-order valence-corrected chi connectivity index (χ2v) is 17.5. The molecule has 314 valence electrons. The van der Waals surface area contributed by atoms with Crippen molar-refractivity contribution in [3.05, 3.63) is 12.2 Å². The first-order valence-corrected chi connectivity index (χ1v) is 23.4. The number of hydrogen-bond donors (Lipinski definition) is 1. The van der Waals surface area contributed by atoms with Gasteiger partial charge >= 0.3 is 19.8 Å². The number of ether oxygens (including phenoxy) is 2. The molecule has 0 aromatic rings. The van der Waals surface area contributed by atoms with Crippen molar-refractivity contribution in [1.29, 1.82) is 0 Å². The third kappa shape index (κ3) is 40.2. The van der Waals surface area contributed by atoms with Crippen LogP contribution in [0, 0.1) is 0 Å². The van der Waals surface area contributed by atoms with Gasteiger partial charge in [-0.25, -0.2) is 4.57 Å². The Balaban J connectivity index is 4.36. The summed E-state index contributed by atoms with van der Waals surface area (Å²) in [5.74, 6) is -0.799. The number of hydrogen-bond acceptors (Lipinski definition) is 7. The average Bonchev–Trinajstić information content (AvgIpc) is 3.10. The molecule has 9 nitrogen and oxygen atoms in total. The molecule has 0 aromatic heterocycles. The minimum atomic E-state index is -4.37. The summed E-state index contributed by atoms with van der Waals surface area (Å²) in [6.07, 6.45) is 36.8. The van der Waals surface area contributed by atoms with Gasteiger partial charge in [-0.2, -0.15) is 0 Å². The fourth-order valence-electron chi connectivity index (χ4n) is 6.07. The SMILES string of the molecule is CCCCCCCC/C=C/CCCCCCCC(=O)O[C@H](COC(=O)CCCCCCCCCCCCCCCC)COP(=O)(O)OCC[N+](C)(C)C. The summed E-state index contributed by atoms with van der Waals surface area (Å²) in [7, 11) is 1.48. The molecule has 0 radical (unpaired) electrons. The number of carbonyl (C=O) groups is 2. The van der Waals surface area contributed by atoms with Crippen LogP contribution in [0.15, 0.2) is 12.2 Å². The standard InChI is InChI=1S/C43H84NO8P/c1-6-8-10-12-14-16-18-20-22-24-26-28-30-32-34-36-43(46)52-41(40-51-53(47,48)50-38-37-44(3,4)5)39-49-42(45)35-33-31-29-27-25-23-21-19-17-15-13-11-9-7-2/h20,22,41H,6-19,21,23-40H2,1-5H3/p+1/b22-20+/t41-/m1/s1. The smallest absolute Gasteiger partial charge is 0.462 e. The summed E-state index contributed by atoms with van der Waals surface area (Å²) in [5.41, 5.74) is 0. The van der Waals surface area contributed by atoms with Crippen molar-refractivity contribution >= 4 is 19.8 Å². The number of quaternary nitrogens is 1. The van der Waals surface area contributed by atoms with Crippen molar-refractivity contribution in [2.75, 3.05) is 47.5 Å². The molecule has 0 aliphatic heterocycles. The normalized spacial score (nSPS) is 13.7. The number of likely N-dealkylation sites (N-methyl/N-ethyl adjacent to an activating group) is 1. The molecule has 0 spiro atoms. The molecule has 0 heterocycles. The molecule has 1 N–H and O–H groups in total. The summed E-state index contributed by atoms with van der Waals surface area (Å²) in [5, 5.41) is 0. The van der Waals surface area contributed by atoms with Crippen LogP contribution in [-0.2, 0) is 32.7 Å². The molecule has 53 heavy (non-hydrogen) atoms.